The van der Waals surface area contributed by atoms with Crippen molar-refractivity contribution in [2.24, 2.45) is 0 Å². The Morgan fingerprint density at radius 3 is 2.62 bits per heavy atom. The van der Waals surface area contributed by atoms with Crippen molar-refractivity contribution < 1.29 is 13.5 Å². The number of nitrogens with zero attached hydrogens (tertiary/aromatic N) is 1. The fraction of sp³-hybridized carbons (Fsp3) is 0.368. The molecular formula is C19H22F2N2O. The van der Waals surface area contributed by atoms with Gasteiger partial charge >= 0.3 is 6.61 Å². The highest BCUT2D eigenvalue weighted by molar-refractivity contribution is 5.43. The average molecular weight is 332 g/mol. The number of likely N-dealkylation sites (tertiary alicyclic amines) is 1. The molecule has 0 aromatic heterocycles. The lowest BCUT2D eigenvalue weighted by Crippen LogP contribution is -2.41. The Hall–Kier alpha value is -2.14. The van der Waals surface area contributed by atoms with Gasteiger partial charge in [-0.15, -0.1) is 0 Å². The normalized spacial score (nSPS) is 18.5. The van der Waals surface area contributed by atoms with Crippen LogP contribution in [-0.2, 0) is 6.54 Å². The monoisotopic (exact) mass is 332 g/mol. The highest BCUT2D eigenvalue weighted by Gasteiger charge is 2.21. The Labute approximate surface area is 141 Å². The van der Waals surface area contributed by atoms with Gasteiger partial charge in [0.2, 0.25) is 0 Å². The molecule has 3 nitrogen and oxygen atoms in total. The van der Waals surface area contributed by atoms with Crippen molar-refractivity contribution in [3.8, 4) is 5.75 Å². The molecule has 24 heavy (non-hydrogen) atoms. The summed E-state index contributed by atoms with van der Waals surface area (Å²) >= 11 is 0. The molecule has 0 bridgehead atoms. The van der Waals surface area contributed by atoms with Crippen LogP contribution >= 0.6 is 0 Å². The van der Waals surface area contributed by atoms with Crippen LogP contribution in [0.2, 0.25) is 0 Å². The van der Waals surface area contributed by atoms with Gasteiger partial charge < -0.3 is 10.1 Å². The number of nitrogens with one attached hydrogen (secondary N) is 1. The Bertz CT molecular complexity index is 636. The quantitative estimate of drug-likeness (QED) is 0.850. The minimum Gasteiger partial charge on any atom is -0.434 e. The molecule has 0 unspecified atom stereocenters. The molecule has 1 atom stereocenters. The van der Waals surface area contributed by atoms with Crippen molar-refractivity contribution in [1.82, 2.24) is 4.90 Å². The lowest BCUT2D eigenvalue weighted by Gasteiger charge is -2.34. The lowest BCUT2D eigenvalue weighted by molar-refractivity contribution is -0.0508. The number of hydrogen-bond donors (Lipinski definition) is 1. The third-order valence-electron chi connectivity index (χ3n) is 4.23. The minimum atomic E-state index is -2.79. The Kier molecular flexibility index (Phi) is 5.64. The van der Waals surface area contributed by atoms with E-state index in [1.165, 1.54) is 0 Å². The SMILES string of the molecule is FC(F)Oc1ccccc1CN1CCC[C@@H](Nc2ccccc2)C1. The summed E-state index contributed by atoms with van der Waals surface area (Å²) in [4.78, 5) is 2.29. The second kappa shape index (κ2) is 8.11. The van der Waals surface area contributed by atoms with E-state index in [-0.39, 0.29) is 5.75 Å². The molecule has 1 saturated heterocycles. The van der Waals surface area contributed by atoms with Crippen LogP contribution in [0.3, 0.4) is 0 Å². The second-order valence-electron chi connectivity index (χ2n) is 6.07. The molecule has 0 saturated carbocycles. The molecule has 0 aliphatic carbocycles. The van der Waals surface area contributed by atoms with Gasteiger partial charge in [-0.2, -0.15) is 8.78 Å². The molecule has 0 spiro atoms. The number of rotatable bonds is 6. The van der Waals surface area contributed by atoms with Crippen molar-refractivity contribution in [2.75, 3.05) is 18.4 Å². The zero-order chi connectivity index (χ0) is 16.8. The van der Waals surface area contributed by atoms with Gasteiger partial charge in [0, 0.05) is 30.4 Å². The van der Waals surface area contributed by atoms with Gasteiger partial charge in [0.05, 0.1) is 0 Å². The van der Waals surface area contributed by atoms with Gasteiger partial charge in [-0.25, -0.2) is 0 Å². The number of halogens is 2. The Morgan fingerprint density at radius 1 is 1.08 bits per heavy atom. The van der Waals surface area contributed by atoms with E-state index >= 15 is 0 Å². The number of ether oxygens (including phenoxy) is 1. The van der Waals surface area contributed by atoms with E-state index in [4.69, 9.17) is 0 Å². The van der Waals surface area contributed by atoms with Gasteiger partial charge in [-0.1, -0.05) is 36.4 Å². The van der Waals surface area contributed by atoms with E-state index < -0.39 is 6.61 Å². The summed E-state index contributed by atoms with van der Waals surface area (Å²) in [6.07, 6.45) is 2.20. The number of hydrogen-bond acceptors (Lipinski definition) is 3. The van der Waals surface area contributed by atoms with E-state index in [1.54, 1.807) is 12.1 Å². The average Bonchev–Trinajstić information content (AvgIpc) is 2.57. The van der Waals surface area contributed by atoms with E-state index in [0.717, 1.165) is 37.2 Å². The molecule has 1 N–H and O–H groups in total. The van der Waals surface area contributed by atoms with E-state index in [1.807, 2.05) is 30.3 Å². The number of para-hydroxylation sites is 2. The highest BCUT2D eigenvalue weighted by Crippen LogP contribution is 2.24. The molecule has 3 rings (SSSR count). The zero-order valence-electron chi connectivity index (χ0n) is 13.5. The van der Waals surface area contributed by atoms with E-state index in [2.05, 4.69) is 27.1 Å². The van der Waals surface area contributed by atoms with Crippen molar-refractivity contribution >= 4 is 5.69 Å². The maximum atomic E-state index is 12.5. The number of piperidine rings is 1. The van der Waals surface area contributed by atoms with Crippen LogP contribution in [0, 0.1) is 0 Å². The molecule has 0 radical (unpaired) electrons. The van der Waals surface area contributed by atoms with Crippen LogP contribution in [-0.4, -0.2) is 30.6 Å². The molecule has 128 valence electrons. The number of alkyl halides is 2. The molecule has 1 aliphatic rings. The fourth-order valence-corrected chi connectivity index (χ4v) is 3.17. The third kappa shape index (κ3) is 4.68. The van der Waals surface area contributed by atoms with Gasteiger partial charge in [0.1, 0.15) is 5.75 Å². The number of anilines is 1. The molecular weight excluding hydrogens is 310 g/mol. The summed E-state index contributed by atoms with van der Waals surface area (Å²) in [7, 11) is 0. The van der Waals surface area contributed by atoms with Crippen molar-refractivity contribution in [1.29, 1.82) is 0 Å². The first-order valence-electron chi connectivity index (χ1n) is 8.27. The molecule has 2 aromatic carbocycles. The second-order valence-corrected chi connectivity index (χ2v) is 6.07. The van der Waals surface area contributed by atoms with Gasteiger partial charge in [0.15, 0.2) is 0 Å². The molecule has 1 fully saturated rings. The predicted molar refractivity (Wildman–Crippen MR) is 91.4 cm³/mol. The predicted octanol–water partition coefficient (Wildman–Crippen LogP) is 4.36. The van der Waals surface area contributed by atoms with Crippen molar-refractivity contribution in [2.45, 2.75) is 32.0 Å². The molecule has 2 aromatic rings. The molecule has 0 amide bonds. The van der Waals surface area contributed by atoms with E-state index in [9.17, 15) is 8.78 Å². The highest BCUT2D eigenvalue weighted by atomic mass is 19.3. The third-order valence-corrected chi connectivity index (χ3v) is 4.23. The molecule has 5 heteroatoms. The molecule has 1 aliphatic heterocycles. The Morgan fingerprint density at radius 2 is 1.83 bits per heavy atom. The summed E-state index contributed by atoms with van der Waals surface area (Å²) in [6.45, 7) is -0.316. The van der Waals surface area contributed by atoms with Crippen LogP contribution in [0.5, 0.6) is 5.75 Å². The van der Waals surface area contributed by atoms with Crippen LogP contribution in [0.15, 0.2) is 54.6 Å². The first kappa shape index (κ1) is 16.7. The van der Waals surface area contributed by atoms with Crippen LogP contribution in [0.4, 0.5) is 14.5 Å². The maximum Gasteiger partial charge on any atom is 0.387 e. The van der Waals surface area contributed by atoms with Crippen molar-refractivity contribution in [3.63, 3.8) is 0 Å². The smallest absolute Gasteiger partial charge is 0.387 e. The van der Waals surface area contributed by atoms with E-state index in [0.29, 0.717) is 12.6 Å². The van der Waals surface area contributed by atoms with Crippen LogP contribution in [0.25, 0.3) is 0 Å². The molecule has 1 heterocycles. The fourth-order valence-electron chi connectivity index (χ4n) is 3.17. The Balaban J connectivity index is 1.61. The largest absolute Gasteiger partial charge is 0.434 e. The van der Waals surface area contributed by atoms with Gasteiger partial charge in [-0.05, 0) is 37.6 Å². The van der Waals surface area contributed by atoms with Crippen LogP contribution in [0.1, 0.15) is 18.4 Å². The summed E-state index contributed by atoms with van der Waals surface area (Å²) in [5.41, 5.74) is 1.92. The summed E-state index contributed by atoms with van der Waals surface area (Å²) in [5, 5.41) is 3.55. The van der Waals surface area contributed by atoms with Crippen molar-refractivity contribution in [3.05, 3.63) is 60.2 Å². The number of benzene rings is 2. The first-order chi connectivity index (χ1) is 11.7. The zero-order valence-corrected chi connectivity index (χ0v) is 13.5. The lowest BCUT2D eigenvalue weighted by atomic mass is 10.0. The van der Waals surface area contributed by atoms with Crippen LogP contribution < -0.4 is 10.1 Å². The summed E-state index contributed by atoms with van der Waals surface area (Å²) in [5.74, 6) is 0.269. The topological polar surface area (TPSA) is 24.5 Å². The summed E-state index contributed by atoms with van der Waals surface area (Å²) < 4.78 is 29.7. The van der Waals surface area contributed by atoms with Gasteiger partial charge in [-0.3, -0.25) is 4.90 Å². The minimum absolute atomic E-state index is 0.269. The standard InChI is InChI=1S/C19H22F2N2O/c20-19(21)24-18-11-5-4-7-15(18)13-23-12-6-10-17(14-23)22-16-8-2-1-3-9-16/h1-5,7-9,11,17,19,22H,6,10,12-14H2/t17-/m1/s1. The first-order valence-corrected chi connectivity index (χ1v) is 8.27. The maximum absolute atomic E-state index is 12.5. The summed E-state index contributed by atoms with van der Waals surface area (Å²) in [6, 6.07) is 17.5. The van der Waals surface area contributed by atoms with Gasteiger partial charge in [0.25, 0.3) is 0 Å².